The summed E-state index contributed by atoms with van der Waals surface area (Å²) in [4.78, 5) is 13.5. The number of nitrogens with zero attached hydrogens (tertiary/aromatic N) is 1. The number of urea groups is 1. The van der Waals surface area contributed by atoms with E-state index in [1.807, 2.05) is 48.5 Å². The Bertz CT molecular complexity index is 651. The van der Waals surface area contributed by atoms with Gasteiger partial charge >= 0.3 is 6.03 Å². The van der Waals surface area contributed by atoms with Crippen LogP contribution in [0.1, 0.15) is 17.2 Å². The van der Waals surface area contributed by atoms with E-state index >= 15 is 0 Å². The number of amides is 2. The van der Waals surface area contributed by atoms with Gasteiger partial charge in [-0.1, -0.05) is 42.5 Å². The summed E-state index contributed by atoms with van der Waals surface area (Å²) in [5, 5.41) is 0. The van der Waals surface area contributed by atoms with E-state index in [1.165, 1.54) is 0 Å². The molecule has 0 saturated carbocycles. The summed E-state index contributed by atoms with van der Waals surface area (Å²) in [6, 6.07) is 14.6. The molecule has 1 heterocycles. The van der Waals surface area contributed by atoms with Crippen molar-refractivity contribution < 1.29 is 9.53 Å². The predicted octanol–water partition coefficient (Wildman–Crippen LogP) is 3.45. The van der Waals surface area contributed by atoms with Gasteiger partial charge in [0.25, 0.3) is 0 Å². The second kappa shape index (κ2) is 5.32. The zero-order valence-corrected chi connectivity index (χ0v) is 11.5. The molecule has 0 fully saturated rings. The van der Waals surface area contributed by atoms with Crippen LogP contribution in [0.5, 0.6) is 11.5 Å². The molecule has 4 heteroatoms. The van der Waals surface area contributed by atoms with E-state index in [-0.39, 0.29) is 6.04 Å². The maximum Gasteiger partial charge on any atom is 0.315 e. The first-order valence-electron chi connectivity index (χ1n) is 6.75. The molecule has 2 N–H and O–H groups in total. The normalized spacial score (nSPS) is 12.8. The minimum absolute atomic E-state index is 0.262. The summed E-state index contributed by atoms with van der Waals surface area (Å²) in [6.07, 6.45) is 1.67. The summed E-state index contributed by atoms with van der Waals surface area (Å²) < 4.78 is 5.91. The van der Waals surface area contributed by atoms with E-state index in [4.69, 9.17) is 10.5 Å². The highest BCUT2D eigenvalue weighted by molar-refractivity contribution is 5.74. The molecule has 0 spiro atoms. The number of hydrogen-bond donors (Lipinski definition) is 1. The number of hydrogen-bond acceptors (Lipinski definition) is 2. The van der Waals surface area contributed by atoms with E-state index in [1.54, 1.807) is 11.0 Å². The summed E-state index contributed by atoms with van der Waals surface area (Å²) in [5.74, 6) is 1.49. The van der Waals surface area contributed by atoms with Gasteiger partial charge in [-0.05, 0) is 12.1 Å². The average molecular weight is 280 g/mol. The lowest BCUT2D eigenvalue weighted by molar-refractivity contribution is 0.197. The number of primary amides is 1. The zero-order chi connectivity index (χ0) is 14.8. The van der Waals surface area contributed by atoms with E-state index in [0.29, 0.717) is 6.54 Å². The van der Waals surface area contributed by atoms with Crippen molar-refractivity contribution in [3.8, 4) is 11.5 Å². The fourth-order valence-electron chi connectivity index (χ4n) is 2.68. The van der Waals surface area contributed by atoms with Gasteiger partial charge in [0, 0.05) is 17.7 Å². The standard InChI is InChI=1S/C17H16N2O2/c1-2-11-19(17(18)20)16-12-7-3-5-9-14(12)21-15-10-6-4-8-13(15)16/h2-10,16H,1,11H2,(H2,18,20). The van der Waals surface area contributed by atoms with Gasteiger partial charge in [0.2, 0.25) is 0 Å². The minimum Gasteiger partial charge on any atom is -0.457 e. The average Bonchev–Trinajstić information content (AvgIpc) is 2.50. The van der Waals surface area contributed by atoms with Crippen molar-refractivity contribution in [3.05, 3.63) is 72.3 Å². The Balaban J connectivity index is 2.18. The lowest BCUT2D eigenvalue weighted by Crippen LogP contribution is -2.40. The maximum absolute atomic E-state index is 11.9. The number of para-hydroxylation sites is 2. The predicted molar refractivity (Wildman–Crippen MR) is 81.3 cm³/mol. The summed E-state index contributed by atoms with van der Waals surface area (Å²) in [5.41, 5.74) is 7.42. The number of rotatable bonds is 3. The molecule has 1 aliphatic rings. The maximum atomic E-state index is 11.9. The molecule has 3 rings (SSSR count). The number of benzene rings is 2. The molecule has 1 aliphatic heterocycles. The Morgan fingerprint density at radius 1 is 1.14 bits per heavy atom. The Labute approximate surface area is 123 Å². The monoisotopic (exact) mass is 280 g/mol. The van der Waals surface area contributed by atoms with Crippen molar-refractivity contribution in [1.82, 2.24) is 4.90 Å². The lowest BCUT2D eigenvalue weighted by atomic mass is 9.93. The smallest absolute Gasteiger partial charge is 0.315 e. The third kappa shape index (κ3) is 2.25. The third-order valence-corrected chi connectivity index (χ3v) is 3.57. The fraction of sp³-hybridized carbons (Fsp3) is 0.118. The van der Waals surface area contributed by atoms with Crippen LogP contribution >= 0.6 is 0 Å². The van der Waals surface area contributed by atoms with E-state index < -0.39 is 6.03 Å². The Hall–Kier alpha value is -2.75. The van der Waals surface area contributed by atoms with Crippen LogP contribution in [-0.2, 0) is 0 Å². The van der Waals surface area contributed by atoms with Crippen LogP contribution in [0.3, 0.4) is 0 Å². The van der Waals surface area contributed by atoms with Gasteiger partial charge in [-0.3, -0.25) is 0 Å². The van der Waals surface area contributed by atoms with Gasteiger partial charge in [-0.25, -0.2) is 4.79 Å². The molecular formula is C17H16N2O2. The first kappa shape index (κ1) is 13.2. The van der Waals surface area contributed by atoms with E-state index in [0.717, 1.165) is 22.6 Å². The second-order valence-corrected chi connectivity index (χ2v) is 4.86. The Morgan fingerprint density at radius 3 is 2.14 bits per heavy atom. The molecule has 0 aliphatic carbocycles. The van der Waals surface area contributed by atoms with E-state index in [2.05, 4.69) is 6.58 Å². The molecular weight excluding hydrogens is 264 g/mol. The molecule has 0 aromatic heterocycles. The van der Waals surface area contributed by atoms with Crippen LogP contribution in [0.4, 0.5) is 4.79 Å². The van der Waals surface area contributed by atoms with Crippen LogP contribution in [-0.4, -0.2) is 17.5 Å². The van der Waals surface area contributed by atoms with Gasteiger partial charge in [0.05, 0.1) is 6.04 Å². The highest BCUT2D eigenvalue weighted by Crippen LogP contribution is 2.45. The van der Waals surface area contributed by atoms with Crippen molar-refractivity contribution in [2.24, 2.45) is 5.73 Å². The first-order chi connectivity index (χ1) is 10.2. The summed E-state index contributed by atoms with van der Waals surface area (Å²) in [7, 11) is 0. The van der Waals surface area contributed by atoms with Gasteiger partial charge < -0.3 is 15.4 Å². The highest BCUT2D eigenvalue weighted by Gasteiger charge is 2.32. The van der Waals surface area contributed by atoms with Crippen molar-refractivity contribution in [1.29, 1.82) is 0 Å². The summed E-state index contributed by atoms with van der Waals surface area (Å²) >= 11 is 0. The lowest BCUT2D eigenvalue weighted by Gasteiger charge is -2.35. The number of carbonyl (C=O) groups is 1. The van der Waals surface area contributed by atoms with Gasteiger partial charge in [-0.2, -0.15) is 0 Å². The molecule has 4 nitrogen and oxygen atoms in total. The molecule has 0 saturated heterocycles. The largest absolute Gasteiger partial charge is 0.457 e. The molecule has 106 valence electrons. The van der Waals surface area contributed by atoms with Gasteiger partial charge in [-0.15, -0.1) is 6.58 Å². The fourth-order valence-corrected chi connectivity index (χ4v) is 2.68. The third-order valence-electron chi connectivity index (χ3n) is 3.57. The highest BCUT2D eigenvalue weighted by atomic mass is 16.5. The van der Waals surface area contributed by atoms with Crippen molar-refractivity contribution in [2.45, 2.75) is 6.04 Å². The molecule has 0 unspecified atom stereocenters. The molecule has 0 atom stereocenters. The molecule has 2 aromatic carbocycles. The van der Waals surface area contributed by atoms with Crippen LogP contribution in [0.25, 0.3) is 0 Å². The van der Waals surface area contributed by atoms with Crippen LogP contribution < -0.4 is 10.5 Å². The van der Waals surface area contributed by atoms with E-state index in [9.17, 15) is 4.79 Å². The van der Waals surface area contributed by atoms with Crippen molar-refractivity contribution >= 4 is 6.03 Å². The van der Waals surface area contributed by atoms with Gasteiger partial charge in [0.15, 0.2) is 0 Å². The second-order valence-electron chi connectivity index (χ2n) is 4.86. The molecule has 2 amide bonds. The quantitative estimate of drug-likeness (QED) is 0.875. The molecule has 0 radical (unpaired) electrons. The van der Waals surface area contributed by atoms with Crippen molar-refractivity contribution in [2.75, 3.05) is 6.54 Å². The number of ether oxygens (including phenoxy) is 1. The first-order valence-corrected chi connectivity index (χ1v) is 6.75. The number of nitrogens with two attached hydrogens (primary N) is 1. The minimum atomic E-state index is -0.480. The van der Waals surface area contributed by atoms with Crippen molar-refractivity contribution in [3.63, 3.8) is 0 Å². The Kier molecular flexibility index (Phi) is 3.36. The zero-order valence-electron chi connectivity index (χ0n) is 11.5. The topological polar surface area (TPSA) is 55.6 Å². The van der Waals surface area contributed by atoms with Crippen LogP contribution in [0.2, 0.25) is 0 Å². The SMILES string of the molecule is C=CCN(C(N)=O)C1c2ccccc2Oc2ccccc21. The number of carbonyl (C=O) groups excluding carboxylic acids is 1. The Morgan fingerprint density at radius 2 is 1.67 bits per heavy atom. The molecule has 0 bridgehead atoms. The van der Waals surface area contributed by atoms with Gasteiger partial charge in [0.1, 0.15) is 11.5 Å². The van der Waals surface area contributed by atoms with Crippen LogP contribution in [0.15, 0.2) is 61.2 Å². The molecule has 21 heavy (non-hydrogen) atoms. The number of fused-ring (bicyclic) bond motifs is 2. The van der Waals surface area contributed by atoms with Crippen LogP contribution in [0, 0.1) is 0 Å². The molecule has 2 aromatic rings. The summed E-state index contributed by atoms with van der Waals surface area (Å²) in [6.45, 7) is 4.09.